The van der Waals surface area contributed by atoms with Gasteiger partial charge in [-0.05, 0) is 17.9 Å². The van der Waals surface area contributed by atoms with Crippen molar-refractivity contribution in [2.24, 2.45) is 5.92 Å². The first-order valence-corrected chi connectivity index (χ1v) is 7.00. The van der Waals surface area contributed by atoms with Crippen LogP contribution in [0.1, 0.15) is 19.4 Å². The molecule has 20 heavy (non-hydrogen) atoms. The lowest BCUT2D eigenvalue weighted by Crippen LogP contribution is -2.24. The van der Waals surface area contributed by atoms with Crippen LogP contribution in [0.15, 0.2) is 47.4 Å². The molecule has 0 aliphatic carbocycles. The average Bonchev–Trinajstić information content (AvgIpc) is 2.45. The number of hydrogen-bond acceptors (Lipinski definition) is 3. The molecule has 0 atom stereocenters. The summed E-state index contributed by atoms with van der Waals surface area (Å²) in [7, 11) is 0. The van der Waals surface area contributed by atoms with Crippen molar-refractivity contribution in [1.29, 1.82) is 0 Å². The second-order valence-electron chi connectivity index (χ2n) is 5.32. The normalized spacial score (nSPS) is 10.8. The summed E-state index contributed by atoms with van der Waals surface area (Å²) in [5.41, 5.74) is 1.94. The molecule has 4 heteroatoms. The summed E-state index contributed by atoms with van der Waals surface area (Å²) in [5, 5.41) is 7.42. The van der Waals surface area contributed by atoms with Gasteiger partial charge in [-0.15, -0.1) is 0 Å². The molecule has 1 aromatic carbocycles. The van der Waals surface area contributed by atoms with Crippen LogP contribution in [0.25, 0.3) is 0 Å². The molecule has 0 radical (unpaired) electrons. The summed E-state index contributed by atoms with van der Waals surface area (Å²) in [4.78, 5) is 12.0. The van der Waals surface area contributed by atoms with Gasteiger partial charge >= 0.3 is 0 Å². The summed E-state index contributed by atoms with van der Waals surface area (Å²) in [6.45, 7) is 5.70. The van der Waals surface area contributed by atoms with Gasteiger partial charge in [-0.3, -0.25) is 4.79 Å². The third-order valence-electron chi connectivity index (χ3n) is 3.04. The Morgan fingerprint density at radius 2 is 2.00 bits per heavy atom. The second-order valence-corrected chi connectivity index (χ2v) is 5.32. The van der Waals surface area contributed by atoms with Crippen LogP contribution >= 0.6 is 0 Å². The summed E-state index contributed by atoms with van der Waals surface area (Å²) >= 11 is 0. The molecule has 0 bridgehead atoms. The fraction of sp³-hybridized carbons (Fsp3) is 0.375. The largest absolute Gasteiger partial charge is 0.383 e. The predicted octanol–water partition coefficient (Wildman–Crippen LogP) is 2.55. The van der Waals surface area contributed by atoms with Gasteiger partial charge in [-0.1, -0.05) is 44.2 Å². The highest BCUT2D eigenvalue weighted by Crippen LogP contribution is 2.03. The van der Waals surface area contributed by atoms with Crippen molar-refractivity contribution < 1.29 is 0 Å². The Hall–Kier alpha value is -2.10. The monoisotopic (exact) mass is 271 g/mol. The van der Waals surface area contributed by atoms with E-state index in [0.29, 0.717) is 12.5 Å². The zero-order valence-electron chi connectivity index (χ0n) is 12.0. The second kappa shape index (κ2) is 6.89. The molecular formula is C16H21N3O. The van der Waals surface area contributed by atoms with Crippen molar-refractivity contribution in [3.63, 3.8) is 0 Å². The molecule has 106 valence electrons. The Balaban J connectivity index is 1.97. The topological polar surface area (TPSA) is 46.9 Å². The average molecular weight is 271 g/mol. The predicted molar refractivity (Wildman–Crippen MR) is 82.0 cm³/mol. The first kappa shape index (κ1) is 14.3. The lowest BCUT2D eigenvalue weighted by molar-refractivity contribution is 0.578. The first-order chi connectivity index (χ1) is 9.65. The van der Waals surface area contributed by atoms with Crippen molar-refractivity contribution in [3.05, 3.63) is 58.5 Å². The summed E-state index contributed by atoms with van der Waals surface area (Å²) in [5.74, 6) is 0.538. The van der Waals surface area contributed by atoms with Crippen molar-refractivity contribution in [3.8, 4) is 0 Å². The molecular weight excluding hydrogens is 250 g/mol. The van der Waals surface area contributed by atoms with Gasteiger partial charge in [-0.2, -0.15) is 5.10 Å². The van der Waals surface area contributed by atoms with E-state index < -0.39 is 0 Å². The summed E-state index contributed by atoms with van der Waals surface area (Å²) in [6.07, 6.45) is 2.53. The highest BCUT2D eigenvalue weighted by Gasteiger charge is 2.01. The quantitative estimate of drug-likeness (QED) is 0.878. The number of nitrogens with zero attached hydrogens (tertiary/aromatic N) is 2. The van der Waals surface area contributed by atoms with Crippen LogP contribution in [0.4, 0.5) is 5.69 Å². The first-order valence-electron chi connectivity index (χ1n) is 7.00. The van der Waals surface area contributed by atoms with E-state index in [0.717, 1.165) is 18.7 Å². The van der Waals surface area contributed by atoms with E-state index >= 15 is 0 Å². The van der Waals surface area contributed by atoms with Crippen LogP contribution in [0.5, 0.6) is 0 Å². The smallest absolute Gasteiger partial charge is 0.268 e. The molecule has 0 amide bonds. The van der Waals surface area contributed by atoms with E-state index in [1.54, 1.807) is 12.3 Å². The third-order valence-corrected chi connectivity index (χ3v) is 3.04. The minimum Gasteiger partial charge on any atom is -0.383 e. The van der Waals surface area contributed by atoms with Gasteiger partial charge in [0.05, 0.1) is 11.9 Å². The number of aromatic nitrogens is 2. The van der Waals surface area contributed by atoms with Crippen molar-refractivity contribution in [2.75, 3.05) is 11.9 Å². The van der Waals surface area contributed by atoms with Gasteiger partial charge in [0, 0.05) is 19.2 Å². The molecule has 0 fully saturated rings. The maximum absolute atomic E-state index is 12.0. The zero-order valence-corrected chi connectivity index (χ0v) is 12.0. The number of nitrogens with one attached hydrogen (secondary N) is 1. The van der Waals surface area contributed by atoms with E-state index in [1.807, 2.05) is 18.2 Å². The molecule has 0 aliphatic rings. The fourth-order valence-corrected chi connectivity index (χ4v) is 1.90. The summed E-state index contributed by atoms with van der Waals surface area (Å²) < 4.78 is 1.51. The van der Waals surface area contributed by atoms with Crippen molar-refractivity contribution in [2.45, 2.75) is 26.8 Å². The maximum atomic E-state index is 12.0. The van der Waals surface area contributed by atoms with Gasteiger partial charge in [-0.25, -0.2) is 4.68 Å². The Morgan fingerprint density at radius 1 is 1.25 bits per heavy atom. The van der Waals surface area contributed by atoms with Crippen LogP contribution in [-0.2, 0) is 13.0 Å². The van der Waals surface area contributed by atoms with Crippen LogP contribution < -0.4 is 10.9 Å². The molecule has 1 N–H and O–H groups in total. The molecule has 1 heterocycles. The van der Waals surface area contributed by atoms with Gasteiger partial charge in [0.15, 0.2) is 0 Å². The van der Waals surface area contributed by atoms with E-state index in [1.165, 1.54) is 10.2 Å². The molecule has 4 nitrogen and oxygen atoms in total. The van der Waals surface area contributed by atoms with Crippen molar-refractivity contribution in [1.82, 2.24) is 9.78 Å². The zero-order chi connectivity index (χ0) is 14.4. The maximum Gasteiger partial charge on any atom is 0.268 e. The van der Waals surface area contributed by atoms with Crippen molar-refractivity contribution >= 4 is 5.69 Å². The molecule has 2 aromatic rings. The van der Waals surface area contributed by atoms with E-state index in [9.17, 15) is 4.79 Å². The highest BCUT2D eigenvalue weighted by molar-refractivity contribution is 5.38. The van der Waals surface area contributed by atoms with Gasteiger partial charge in [0.2, 0.25) is 0 Å². The molecule has 2 rings (SSSR count). The van der Waals surface area contributed by atoms with Crippen LogP contribution in [-0.4, -0.2) is 16.3 Å². The van der Waals surface area contributed by atoms with Gasteiger partial charge in [0.1, 0.15) is 0 Å². The van der Waals surface area contributed by atoms with Crippen LogP contribution in [0.2, 0.25) is 0 Å². The molecule has 0 unspecified atom stereocenters. The number of benzene rings is 1. The van der Waals surface area contributed by atoms with E-state index in [4.69, 9.17) is 0 Å². The minimum atomic E-state index is -0.0605. The Bertz CT molecular complexity index is 590. The molecule has 1 aromatic heterocycles. The lowest BCUT2D eigenvalue weighted by atomic mass is 10.1. The van der Waals surface area contributed by atoms with Gasteiger partial charge in [0.25, 0.3) is 5.56 Å². The van der Waals surface area contributed by atoms with Crippen LogP contribution in [0.3, 0.4) is 0 Å². The standard InChI is InChI=1S/C16H21N3O/c1-13(2)11-17-15-10-16(20)19(18-12-15)9-8-14-6-4-3-5-7-14/h3-7,10,12-13,17H,8-9,11H2,1-2H3. The number of hydrogen-bond donors (Lipinski definition) is 1. The summed E-state index contributed by atoms with van der Waals surface area (Å²) in [6, 6.07) is 11.7. The molecule has 0 spiro atoms. The van der Waals surface area contributed by atoms with Crippen LogP contribution in [0, 0.1) is 5.92 Å². The molecule has 0 saturated heterocycles. The number of anilines is 1. The highest BCUT2D eigenvalue weighted by atomic mass is 16.1. The Morgan fingerprint density at radius 3 is 2.65 bits per heavy atom. The third kappa shape index (κ3) is 4.23. The molecule has 0 saturated carbocycles. The van der Waals surface area contributed by atoms with E-state index in [-0.39, 0.29) is 5.56 Å². The number of aryl methyl sites for hydroxylation is 2. The minimum absolute atomic E-state index is 0.0605. The van der Waals surface area contributed by atoms with Gasteiger partial charge < -0.3 is 5.32 Å². The van der Waals surface area contributed by atoms with E-state index in [2.05, 4.69) is 36.4 Å². The SMILES string of the molecule is CC(C)CNc1cnn(CCc2ccccc2)c(=O)c1. The molecule has 0 aliphatic heterocycles. The number of rotatable bonds is 6. The Kier molecular flexibility index (Phi) is 4.93. The Labute approximate surface area is 119 Å². The lowest BCUT2D eigenvalue weighted by Gasteiger charge is -2.09. The fourth-order valence-electron chi connectivity index (χ4n) is 1.90.